The second-order valence-electron chi connectivity index (χ2n) is 6.40. The molecule has 0 radical (unpaired) electrons. The van der Waals surface area contributed by atoms with Gasteiger partial charge in [-0.15, -0.1) is 0 Å². The maximum atomic E-state index is 12.9. The van der Waals surface area contributed by atoms with Gasteiger partial charge >= 0.3 is 0 Å². The Hall–Kier alpha value is -2.59. The van der Waals surface area contributed by atoms with E-state index in [9.17, 15) is 9.59 Å². The van der Waals surface area contributed by atoms with Crippen LogP contribution >= 0.6 is 11.6 Å². The largest absolute Gasteiger partial charge is 0.346 e. The van der Waals surface area contributed by atoms with Crippen molar-refractivity contribution >= 4 is 34.1 Å². The van der Waals surface area contributed by atoms with Crippen LogP contribution in [0.4, 0.5) is 5.69 Å². The highest BCUT2D eigenvalue weighted by atomic mass is 35.5. The molecular weight excluding hydrogens is 336 g/mol. The molecule has 0 aliphatic carbocycles. The number of amides is 1. The Bertz CT molecular complexity index is 1070. The molecule has 1 N–H and O–H groups in total. The molecule has 5 heteroatoms. The van der Waals surface area contributed by atoms with Crippen molar-refractivity contribution in [1.82, 2.24) is 4.57 Å². The average Bonchev–Trinajstić information content (AvgIpc) is 2.61. The van der Waals surface area contributed by atoms with E-state index < -0.39 is 5.91 Å². The third-order valence-electron chi connectivity index (χ3n) is 4.72. The quantitative estimate of drug-likeness (QED) is 0.752. The summed E-state index contributed by atoms with van der Waals surface area (Å²) in [5, 5.41) is 3.96. The van der Waals surface area contributed by atoms with Crippen molar-refractivity contribution in [3.8, 4) is 0 Å². The van der Waals surface area contributed by atoms with Crippen molar-refractivity contribution in [3.63, 3.8) is 0 Å². The maximum absolute atomic E-state index is 12.9. The van der Waals surface area contributed by atoms with E-state index in [0.717, 1.165) is 30.5 Å². The van der Waals surface area contributed by atoms with Crippen LogP contribution in [-0.4, -0.2) is 10.5 Å². The number of hydrogen-bond donors (Lipinski definition) is 1. The van der Waals surface area contributed by atoms with Crippen LogP contribution in [0.5, 0.6) is 0 Å². The van der Waals surface area contributed by atoms with Gasteiger partial charge in [0, 0.05) is 28.8 Å². The zero-order chi connectivity index (χ0) is 17.6. The van der Waals surface area contributed by atoms with E-state index in [-0.39, 0.29) is 11.0 Å². The summed E-state index contributed by atoms with van der Waals surface area (Å²) in [4.78, 5) is 25.6. The molecule has 0 bridgehead atoms. The van der Waals surface area contributed by atoms with Gasteiger partial charge in [-0.3, -0.25) is 9.59 Å². The van der Waals surface area contributed by atoms with Crippen LogP contribution in [0.2, 0.25) is 5.02 Å². The second kappa shape index (κ2) is 6.05. The fourth-order valence-electron chi connectivity index (χ4n) is 3.44. The zero-order valence-electron chi connectivity index (χ0n) is 13.8. The molecule has 1 aliphatic heterocycles. The number of nitrogens with zero attached hydrogens (tertiary/aromatic N) is 1. The highest BCUT2D eigenvalue weighted by Crippen LogP contribution is 2.24. The molecule has 0 atom stereocenters. The molecule has 0 fully saturated rings. The molecule has 0 saturated carbocycles. The number of aromatic nitrogens is 1. The van der Waals surface area contributed by atoms with Gasteiger partial charge in [-0.25, -0.2) is 0 Å². The van der Waals surface area contributed by atoms with Gasteiger partial charge in [0.05, 0.1) is 5.52 Å². The minimum absolute atomic E-state index is 0.158. The lowest BCUT2D eigenvalue weighted by molar-refractivity contribution is 0.102. The molecule has 4 rings (SSSR count). The summed E-state index contributed by atoms with van der Waals surface area (Å²) in [5.74, 6) is -0.406. The Morgan fingerprint density at radius 3 is 2.92 bits per heavy atom. The van der Waals surface area contributed by atoms with Crippen LogP contribution in [0, 0.1) is 6.92 Å². The summed E-state index contributed by atoms with van der Waals surface area (Å²) in [6, 6.07) is 11.0. The number of carbonyl (C=O) groups excluding carboxylic acids is 1. The lowest BCUT2D eigenvalue weighted by Crippen LogP contribution is -2.25. The smallest absolute Gasteiger partial charge is 0.261 e. The fraction of sp³-hybridized carbons (Fsp3) is 0.200. The lowest BCUT2D eigenvalue weighted by atomic mass is 9.99. The summed E-state index contributed by atoms with van der Waals surface area (Å²) >= 11 is 6.01. The van der Waals surface area contributed by atoms with Crippen LogP contribution in [0.25, 0.3) is 10.9 Å². The first kappa shape index (κ1) is 15.9. The van der Waals surface area contributed by atoms with Gasteiger partial charge in [0.15, 0.2) is 0 Å². The average molecular weight is 353 g/mol. The minimum atomic E-state index is -0.406. The molecule has 126 valence electrons. The van der Waals surface area contributed by atoms with E-state index in [4.69, 9.17) is 11.6 Å². The number of anilines is 1. The predicted molar refractivity (Wildman–Crippen MR) is 101 cm³/mol. The van der Waals surface area contributed by atoms with Gasteiger partial charge in [-0.1, -0.05) is 29.8 Å². The highest BCUT2D eigenvalue weighted by molar-refractivity contribution is 6.31. The van der Waals surface area contributed by atoms with Crippen LogP contribution < -0.4 is 10.7 Å². The molecule has 0 unspecified atom stereocenters. The van der Waals surface area contributed by atoms with Crippen molar-refractivity contribution in [2.24, 2.45) is 0 Å². The Labute approximate surface area is 150 Å². The topological polar surface area (TPSA) is 51.1 Å². The highest BCUT2D eigenvalue weighted by Gasteiger charge is 2.19. The standard InChI is InChI=1S/C20H17ClN2O2/c1-12-7-8-14(21)10-17(12)22-20(25)16-11-23-9-3-5-13-4-2-6-15(18(13)23)19(16)24/h2,4,6-8,10-11H,3,5,9H2,1H3,(H,22,25). The fourth-order valence-corrected chi connectivity index (χ4v) is 3.61. The number of rotatable bonds is 2. The number of carbonyl (C=O) groups is 1. The molecule has 1 aliphatic rings. The number of hydrogen-bond acceptors (Lipinski definition) is 2. The molecule has 1 aromatic heterocycles. The predicted octanol–water partition coefficient (Wildman–Crippen LogP) is 4.16. The van der Waals surface area contributed by atoms with E-state index in [0.29, 0.717) is 16.1 Å². The Balaban J connectivity index is 1.82. The summed E-state index contributed by atoms with van der Waals surface area (Å²) < 4.78 is 2.02. The van der Waals surface area contributed by atoms with E-state index in [2.05, 4.69) is 5.32 Å². The van der Waals surface area contributed by atoms with Gasteiger partial charge in [0.1, 0.15) is 5.56 Å². The van der Waals surface area contributed by atoms with Gasteiger partial charge < -0.3 is 9.88 Å². The molecular formula is C20H17ClN2O2. The van der Waals surface area contributed by atoms with E-state index in [1.54, 1.807) is 24.4 Å². The summed E-state index contributed by atoms with van der Waals surface area (Å²) in [6.45, 7) is 2.69. The normalized spacial score (nSPS) is 13.0. The van der Waals surface area contributed by atoms with Crippen LogP contribution in [0.3, 0.4) is 0 Å². The minimum Gasteiger partial charge on any atom is -0.346 e. The van der Waals surface area contributed by atoms with Crippen molar-refractivity contribution < 1.29 is 4.79 Å². The first-order valence-electron chi connectivity index (χ1n) is 8.27. The molecule has 25 heavy (non-hydrogen) atoms. The lowest BCUT2D eigenvalue weighted by Gasteiger charge is -2.20. The molecule has 2 heterocycles. The number of benzene rings is 2. The maximum Gasteiger partial charge on any atom is 0.261 e. The molecule has 0 spiro atoms. The molecule has 2 aromatic carbocycles. The van der Waals surface area contributed by atoms with Gasteiger partial charge in [0.2, 0.25) is 5.43 Å². The third kappa shape index (κ3) is 2.72. The first-order valence-corrected chi connectivity index (χ1v) is 8.65. The monoisotopic (exact) mass is 352 g/mol. The van der Waals surface area contributed by atoms with Crippen molar-refractivity contribution in [2.75, 3.05) is 5.32 Å². The molecule has 1 amide bonds. The van der Waals surface area contributed by atoms with Crippen LogP contribution in [-0.2, 0) is 13.0 Å². The summed E-state index contributed by atoms with van der Waals surface area (Å²) in [5.41, 5.74) is 3.55. The van der Waals surface area contributed by atoms with Crippen molar-refractivity contribution in [1.29, 1.82) is 0 Å². The Morgan fingerprint density at radius 1 is 1.24 bits per heavy atom. The van der Waals surface area contributed by atoms with Crippen molar-refractivity contribution in [3.05, 3.63) is 74.5 Å². The molecule has 0 saturated heterocycles. The SMILES string of the molecule is Cc1ccc(Cl)cc1NC(=O)c1cn2c3c(cccc3c1=O)CCC2. The van der Waals surface area contributed by atoms with Gasteiger partial charge in [0.25, 0.3) is 5.91 Å². The summed E-state index contributed by atoms with van der Waals surface area (Å²) in [6.07, 6.45) is 3.65. The van der Waals surface area contributed by atoms with Crippen LogP contribution in [0.1, 0.15) is 27.9 Å². The Morgan fingerprint density at radius 2 is 2.08 bits per heavy atom. The zero-order valence-corrected chi connectivity index (χ0v) is 14.6. The van der Waals surface area contributed by atoms with E-state index in [1.807, 2.05) is 29.7 Å². The van der Waals surface area contributed by atoms with Crippen molar-refractivity contribution in [2.45, 2.75) is 26.3 Å². The number of halogens is 1. The number of nitrogens with one attached hydrogen (secondary N) is 1. The first-order chi connectivity index (χ1) is 12.0. The van der Waals surface area contributed by atoms with E-state index >= 15 is 0 Å². The van der Waals surface area contributed by atoms with Crippen LogP contribution in [0.15, 0.2) is 47.4 Å². The molecule has 3 aromatic rings. The molecule has 4 nitrogen and oxygen atoms in total. The number of para-hydroxylation sites is 1. The number of pyridine rings is 1. The number of aryl methyl sites for hydroxylation is 3. The van der Waals surface area contributed by atoms with Gasteiger partial charge in [-0.2, -0.15) is 0 Å². The Kier molecular flexibility index (Phi) is 3.85. The van der Waals surface area contributed by atoms with E-state index in [1.165, 1.54) is 5.56 Å². The third-order valence-corrected chi connectivity index (χ3v) is 4.95. The van der Waals surface area contributed by atoms with Gasteiger partial charge in [-0.05, 0) is 49.1 Å². The summed E-state index contributed by atoms with van der Waals surface area (Å²) in [7, 11) is 0. The second-order valence-corrected chi connectivity index (χ2v) is 6.83.